The van der Waals surface area contributed by atoms with Crippen LogP contribution in [0.1, 0.15) is 22.8 Å². The zero-order valence-electron chi connectivity index (χ0n) is 11.1. The number of hydrogen-bond donors (Lipinski definition) is 1. The molecule has 1 aromatic carbocycles. The molecule has 2 aromatic rings. The van der Waals surface area contributed by atoms with Crippen LogP contribution < -0.4 is 10.6 Å². The van der Waals surface area contributed by atoms with Crippen molar-refractivity contribution in [3.05, 3.63) is 53.9 Å². The summed E-state index contributed by atoms with van der Waals surface area (Å²) in [6.07, 6.45) is 3.07. The molecule has 0 bridgehead atoms. The minimum atomic E-state index is -0.0899. The summed E-state index contributed by atoms with van der Waals surface area (Å²) in [5.41, 5.74) is 8.67. The standard InChI is InChI=1S/C15H17N3O/c1-3-18(14-6-4-5-11(2)7-14)15(19)12-8-13(16)10-17-9-12/h4-10H,3,16H2,1-2H3. The minimum Gasteiger partial charge on any atom is -0.397 e. The zero-order valence-corrected chi connectivity index (χ0v) is 11.1. The van der Waals surface area contributed by atoms with Gasteiger partial charge >= 0.3 is 0 Å². The van der Waals surface area contributed by atoms with Gasteiger partial charge in [0.15, 0.2) is 0 Å². The second-order valence-corrected chi connectivity index (χ2v) is 4.40. The topological polar surface area (TPSA) is 59.2 Å². The monoisotopic (exact) mass is 255 g/mol. The fourth-order valence-electron chi connectivity index (χ4n) is 1.97. The van der Waals surface area contributed by atoms with E-state index >= 15 is 0 Å². The molecule has 0 aliphatic heterocycles. The average molecular weight is 255 g/mol. The van der Waals surface area contributed by atoms with Crippen molar-refractivity contribution in [3.63, 3.8) is 0 Å². The first kappa shape index (κ1) is 13.1. The third kappa shape index (κ3) is 2.91. The largest absolute Gasteiger partial charge is 0.397 e. The number of anilines is 2. The van der Waals surface area contributed by atoms with Crippen molar-refractivity contribution in [1.29, 1.82) is 0 Å². The molecule has 19 heavy (non-hydrogen) atoms. The molecule has 1 aromatic heterocycles. The lowest BCUT2D eigenvalue weighted by Gasteiger charge is -2.21. The Morgan fingerprint density at radius 2 is 2.11 bits per heavy atom. The molecule has 0 unspecified atom stereocenters. The van der Waals surface area contributed by atoms with Crippen molar-refractivity contribution in [1.82, 2.24) is 4.98 Å². The van der Waals surface area contributed by atoms with Crippen LogP contribution in [0.4, 0.5) is 11.4 Å². The predicted octanol–water partition coefficient (Wildman–Crippen LogP) is 2.64. The van der Waals surface area contributed by atoms with Gasteiger partial charge in [-0.15, -0.1) is 0 Å². The van der Waals surface area contributed by atoms with E-state index in [9.17, 15) is 4.79 Å². The molecule has 1 amide bonds. The van der Waals surface area contributed by atoms with Crippen LogP contribution in [0.3, 0.4) is 0 Å². The van der Waals surface area contributed by atoms with Crippen LogP contribution in [-0.4, -0.2) is 17.4 Å². The molecule has 0 atom stereocenters. The van der Waals surface area contributed by atoms with Crippen LogP contribution in [0.5, 0.6) is 0 Å². The van der Waals surface area contributed by atoms with Gasteiger partial charge in [-0.3, -0.25) is 9.78 Å². The van der Waals surface area contributed by atoms with Crippen molar-refractivity contribution in [3.8, 4) is 0 Å². The highest BCUT2D eigenvalue weighted by molar-refractivity contribution is 6.06. The lowest BCUT2D eigenvalue weighted by atomic mass is 10.1. The molecule has 0 fully saturated rings. The first-order chi connectivity index (χ1) is 9.11. The summed E-state index contributed by atoms with van der Waals surface area (Å²) in [6.45, 7) is 4.54. The molecule has 2 N–H and O–H groups in total. The second kappa shape index (κ2) is 5.52. The van der Waals surface area contributed by atoms with E-state index in [2.05, 4.69) is 4.98 Å². The molecule has 4 nitrogen and oxygen atoms in total. The summed E-state index contributed by atoms with van der Waals surface area (Å²) in [4.78, 5) is 18.1. The van der Waals surface area contributed by atoms with Gasteiger partial charge in [0.05, 0.1) is 11.3 Å². The number of pyridine rings is 1. The van der Waals surface area contributed by atoms with E-state index in [0.29, 0.717) is 17.8 Å². The van der Waals surface area contributed by atoms with Gasteiger partial charge in [-0.05, 0) is 37.6 Å². The number of carbonyl (C=O) groups excluding carboxylic acids is 1. The molecule has 4 heteroatoms. The van der Waals surface area contributed by atoms with Crippen molar-refractivity contribution < 1.29 is 4.79 Å². The Hall–Kier alpha value is -2.36. The number of nitrogens with two attached hydrogens (primary N) is 1. The van der Waals surface area contributed by atoms with Crippen molar-refractivity contribution in [2.45, 2.75) is 13.8 Å². The number of amides is 1. The van der Waals surface area contributed by atoms with Crippen molar-refractivity contribution >= 4 is 17.3 Å². The molecule has 2 rings (SSSR count). The average Bonchev–Trinajstić information content (AvgIpc) is 2.39. The van der Waals surface area contributed by atoms with Crippen LogP contribution in [0.2, 0.25) is 0 Å². The molecule has 0 saturated heterocycles. The molecule has 0 aliphatic rings. The summed E-state index contributed by atoms with van der Waals surface area (Å²) < 4.78 is 0. The number of benzene rings is 1. The van der Waals surface area contributed by atoms with E-state index in [1.807, 2.05) is 38.1 Å². The summed E-state index contributed by atoms with van der Waals surface area (Å²) in [5.74, 6) is -0.0899. The van der Waals surface area contributed by atoms with Gasteiger partial charge in [-0.1, -0.05) is 12.1 Å². The number of nitrogens with zero attached hydrogens (tertiary/aromatic N) is 2. The highest BCUT2D eigenvalue weighted by atomic mass is 16.2. The van der Waals surface area contributed by atoms with E-state index < -0.39 is 0 Å². The lowest BCUT2D eigenvalue weighted by Crippen LogP contribution is -2.30. The van der Waals surface area contributed by atoms with E-state index in [4.69, 9.17) is 5.73 Å². The maximum atomic E-state index is 12.5. The Bertz CT molecular complexity index is 595. The predicted molar refractivity (Wildman–Crippen MR) is 77.2 cm³/mol. The van der Waals surface area contributed by atoms with Gasteiger partial charge in [0.25, 0.3) is 5.91 Å². The van der Waals surface area contributed by atoms with Gasteiger partial charge in [0.1, 0.15) is 0 Å². The number of aryl methyl sites for hydroxylation is 1. The Labute approximate surface area is 112 Å². The molecular formula is C15H17N3O. The smallest absolute Gasteiger partial charge is 0.259 e. The summed E-state index contributed by atoms with van der Waals surface area (Å²) >= 11 is 0. The third-order valence-corrected chi connectivity index (χ3v) is 2.88. The maximum absolute atomic E-state index is 12.5. The molecular weight excluding hydrogens is 238 g/mol. The summed E-state index contributed by atoms with van der Waals surface area (Å²) in [7, 11) is 0. The zero-order chi connectivity index (χ0) is 13.8. The molecule has 0 saturated carbocycles. The van der Waals surface area contributed by atoms with E-state index in [1.165, 1.54) is 12.4 Å². The van der Waals surface area contributed by atoms with E-state index in [0.717, 1.165) is 11.3 Å². The first-order valence-electron chi connectivity index (χ1n) is 6.21. The summed E-state index contributed by atoms with van der Waals surface area (Å²) in [6, 6.07) is 9.51. The van der Waals surface area contributed by atoms with Gasteiger partial charge in [-0.2, -0.15) is 0 Å². The van der Waals surface area contributed by atoms with E-state index in [-0.39, 0.29) is 5.91 Å². The van der Waals surface area contributed by atoms with Crippen LogP contribution in [-0.2, 0) is 0 Å². The normalized spacial score (nSPS) is 10.2. The van der Waals surface area contributed by atoms with Gasteiger partial charge < -0.3 is 10.6 Å². The summed E-state index contributed by atoms with van der Waals surface area (Å²) in [5, 5.41) is 0. The highest BCUT2D eigenvalue weighted by Crippen LogP contribution is 2.18. The second-order valence-electron chi connectivity index (χ2n) is 4.40. The molecule has 0 aliphatic carbocycles. The Morgan fingerprint density at radius 1 is 1.32 bits per heavy atom. The lowest BCUT2D eigenvalue weighted by molar-refractivity contribution is 0.0988. The molecule has 1 heterocycles. The van der Waals surface area contributed by atoms with Crippen LogP contribution in [0.25, 0.3) is 0 Å². The van der Waals surface area contributed by atoms with E-state index in [1.54, 1.807) is 11.0 Å². The Morgan fingerprint density at radius 3 is 2.74 bits per heavy atom. The third-order valence-electron chi connectivity index (χ3n) is 2.88. The Balaban J connectivity index is 2.34. The highest BCUT2D eigenvalue weighted by Gasteiger charge is 2.16. The molecule has 98 valence electrons. The number of aromatic nitrogens is 1. The maximum Gasteiger partial charge on any atom is 0.259 e. The van der Waals surface area contributed by atoms with Gasteiger partial charge in [-0.25, -0.2) is 0 Å². The quantitative estimate of drug-likeness (QED) is 0.917. The van der Waals surface area contributed by atoms with Gasteiger partial charge in [0, 0.05) is 24.6 Å². The van der Waals surface area contributed by atoms with Crippen LogP contribution >= 0.6 is 0 Å². The molecule has 0 spiro atoms. The number of hydrogen-bond acceptors (Lipinski definition) is 3. The SMILES string of the molecule is CCN(C(=O)c1cncc(N)c1)c1cccc(C)c1. The van der Waals surface area contributed by atoms with Crippen LogP contribution in [0.15, 0.2) is 42.7 Å². The van der Waals surface area contributed by atoms with Gasteiger partial charge in [0.2, 0.25) is 0 Å². The number of rotatable bonds is 3. The van der Waals surface area contributed by atoms with Crippen LogP contribution in [0, 0.1) is 6.92 Å². The minimum absolute atomic E-state index is 0.0899. The molecule has 0 radical (unpaired) electrons. The van der Waals surface area contributed by atoms with Crippen molar-refractivity contribution in [2.75, 3.05) is 17.2 Å². The Kier molecular flexibility index (Phi) is 3.80. The first-order valence-corrected chi connectivity index (χ1v) is 6.21. The fourth-order valence-corrected chi connectivity index (χ4v) is 1.97. The number of nitrogen functional groups attached to an aromatic ring is 1. The fraction of sp³-hybridized carbons (Fsp3) is 0.200. The van der Waals surface area contributed by atoms with Crippen molar-refractivity contribution in [2.24, 2.45) is 0 Å². The number of carbonyl (C=O) groups is 1.